The second kappa shape index (κ2) is 6.09. The molecular weight excluding hydrogens is 379 g/mol. The van der Waals surface area contributed by atoms with Crippen molar-refractivity contribution < 1.29 is 4.74 Å². The smallest absolute Gasteiger partial charge is 0.130 e. The highest BCUT2D eigenvalue weighted by atomic mass is 79.9. The summed E-state index contributed by atoms with van der Waals surface area (Å²) in [5.74, 6) is 2.13. The second-order valence-corrected chi connectivity index (χ2v) is 5.94. The van der Waals surface area contributed by atoms with Gasteiger partial charge in [0, 0.05) is 14.8 Å². The van der Waals surface area contributed by atoms with Gasteiger partial charge in [-0.1, -0.05) is 37.9 Å². The Morgan fingerprint density at radius 2 is 1.89 bits per heavy atom. The highest BCUT2D eigenvalue weighted by Crippen LogP contribution is 2.30. The molecule has 2 aromatic carbocycles. The van der Waals surface area contributed by atoms with Crippen LogP contribution in [0.25, 0.3) is 0 Å². The lowest BCUT2D eigenvalue weighted by atomic mass is 10.2. The van der Waals surface area contributed by atoms with Crippen molar-refractivity contribution >= 4 is 43.5 Å². The zero-order valence-corrected chi connectivity index (χ0v) is 13.6. The van der Waals surface area contributed by atoms with Gasteiger partial charge in [0.25, 0.3) is 0 Å². The summed E-state index contributed by atoms with van der Waals surface area (Å²) >= 11 is 12.7. The van der Waals surface area contributed by atoms with Gasteiger partial charge in [-0.25, -0.2) is 0 Å². The van der Waals surface area contributed by atoms with E-state index in [1.165, 1.54) is 0 Å². The molecule has 0 bridgehead atoms. The van der Waals surface area contributed by atoms with E-state index in [9.17, 15) is 0 Å². The van der Waals surface area contributed by atoms with Gasteiger partial charge in [-0.15, -0.1) is 11.6 Å². The van der Waals surface area contributed by atoms with E-state index in [0.717, 1.165) is 31.6 Å². The average molecular weight is 391 g/mol. The predicted molar refractivity (Wildman–Crippen MR) is 82.7 cm³/mol. The summed E-state index contributed by atoms with van der Waals surface area (Å²) in [4.78, 5) is 0. The van der Waals surface area contributed by atoms with Crippen LogP contribution in [0.3, 0.4) is 0 Å². The Hall–Kier alpha value is -0.510. The maximum Gasteiger partial charge on any atom is 0.130 e. The summed E-state index contributed by atoms with van der Waals surface area (Å²) in [6.45, 7) is 2.02. The molecule has 2 rings (SSSR count). The van der Waals surface area contributed by atoms with Gasteiger partial charge in [0.2, 0.25) is 0 Å². The lowest BCUT2D eigenvalue weighted by Gasteiger charge is -2.10. The first-order valence-corrected chi connectivity index (χ1v) is 7.50. The molecule has 0 N–H and O–H groups in total. The molecule has 94 valence electrons. The van der Waals surface area contributed by atoms with Crippen LogP contribution in [-0.2, 0) is 5.88 Å². The normalized spacial score (nSPS) is 10.4. The zero-order chi connectivity index (χ0) is 13.1. The van der Waals surface area contributed by atoms with Gasteiger partial charge in [-0.05, 0) is 48.4 Å². The summed E-state index contributed by atoms with van der Waals surface area (Å²) < 4.78 is 7.86. The molecule has 1 nitrogen and oxygen atoms in total. The van der Waals surface area contributed by atoms with Crippen molar-refractivity contribution in [1.29, 1.82) is 0 Å². The van der Waals surface area contributed by atoms with Crippen LogP contribution >= 0.6 is 43.5 Å². The third kappa shape index (κ3) is 3.28. The van der Waals surface area contributed by atoms with Crippen LogP contribution in [0.4, 0.5) is 0 Å². The van der Waals surface area contributed by atoms with Crippen LogP contribution in [0.15, 0.2) is 45.3 Å². The highest BCUT2D eigenvalue weighted by Gasteiger charge is 2.05. The number of rotatable bonds is 3. The Bertz CT molecular complexity index is 570. The molecule has 0 aliphatic heterocycles. The van der Waals surface area contributed by atoms with Crippen LogP contribution in [-0.4, -0.2) is 0 Å². The summed E-state index contributed by atoms with van der Waals surface area (Å²) in [5, 5.41) is 0. The summed E-state index contributed by atoms with van der Waals surface area (Å²) in [7, 11) is 0. The van der Waals surface area contributed by atoms with Crippen molar-refractivity contribution in [2.45, 2.75) is 12.8 Å². The molecular formula is C14H11Br2ClO. The molecule has 18 heavy (non-hydrogen) atoms. The molecule has 0 aliphatic rings. The van der Waals surface area contributed by atoms with E-state index in [-0.39, 0.29) is 0 Å². The summed E-state index contributed by atoms with van der Waals surface area (Å²) in [6, 6.07) is 11.7. The molecule has 0 saturated heterocycles. The van der Waals surface area contributed by atoms with Crippen molar-refractivity contribution in [3.8, 4) is 11.5 Å². The molecule has 0 unspecified atom stereocenters. The van der Waals surface area contributed by atoms with E-state index >= 15 is 0 Å². The third-order valence-corrected chi connectivity index (χ3v) is 4.05. The fourth-order valence-electron chi connectivity index (χ4n) is 1.55. The number of alkyl halides is 1. The minimum atomic E-state index is 0.484. The van der Waals surface area contributed by atoms with E-state index in [4.69, 9.17) is 16.3 Å². The lowest BCUT2D eigenvalue weighted by Crippen LogP contribution is -1.89. The van der Waals surface area contributed by atoms with Crippen LogP contribution in [0.5, 0.6) is 11.5 Å². The number of halogens is 3. The van der Waals surface area contributed by atoms with E-state index < -0.39 is 0 Å². The number of aryl methyl sites for hydroxylation is 1. The summed E-state index contributed by atoms with van der Waals surface area (Å²) in [6.07, 6.45) is 0. The van der Waals surface area contributed by atoms with E-state index in [1.54, 1.807) is 0 Å². The standard InChI is InChI=1S/C14H11Br2ClO/c1-9-6-11(15)3-5-14(9)18-12-4-2-10(8-17)13(16)7-12/h2-7H,8H2,1H3. The minimum Gasteiger partial charge on any atom is -0.457 e. The Morgan fingerprint density at radius 1 is 1.11 bits per heavy atom. The molecule has 0 aliphatic carbocycles. The van der Waals surface area contributed by atoms with Crippen LogP contribution in [0.2, 0.25) is 0 Å². The maximum absolute atomic E-state index is 5.85. The third-order valence-electron chi connectivity index (χ3n) is 2.53. The monoisotopic (exact) mass is 388 g/mol. The quantitative estimate of drug-likeness (QED) is 0.580. The van der Waals surface area contributed by atoms with Gasteiger partial charge in [-0.2, -0.15) is 0 Å². The van der Waals surface area contributed by atoms with Crippen molar-refractivity contribution in [1.82, 2.24) is 0 Å². The molecule has 0 aromatic heterocycles. The molecule has 0 amide bonds. The molecule has 0 fully saturated rings. The molecule has 4 heteroatoms. The number of hydrogen-bond donors (Lipinski definition) is 0. The number of hydrogen-bond acceptors (Lipinski definition) is 1. The first-order chi connectivity index (χ1) is 8.60. The van der Waals surface area contributed by atoms with E-state index in [0.29, 0.717) is 5.88 Å². The number of benzene rings is 2. The van der Waals surface area contributed by atoms with E-state index in [1.807, 2.05) is 43.3 Å². The van der Waals surface area contributed by atoms with Crippen molar-refractivity contribution in [3.05, 3.63) is 56.5 Å². The van der Waals surface area contributed by atoms with Gasteiger partial charge < -0.3 is 4.74 Å². The predicted octanol–water partition coefficient (Wildman–Crippen LogP) is 6.05. The lowest BCUT2D eigenvalue weighted by molar-refractivity contribution is 0.478. The Kier molecular flexibility index (Phi) is 4.71. The largest absolute Gasteiger partial charge is 0.457 e. The Labute approximate surface area is 128 Å². The van der Waals surface area contributed by atoms with E-state index in [2.05, 4.69) is 31.9 Å². The van der Waals surface area contributed by atoms with Gasteiger partial charge in [0.1, 0.15) is 11.5 Å². The molecule has 0 spiro atoms. The molecule has 0 atom stereocenters. The van der Waals surface area contributed by atoms with Gasteiger partial charge in [0.05, 0.1) is 0 Å². The SMILES string of the molecule is Cc1cc(Br)ccc1Oc1ccc(CCl)c(Br)c1. The van der Waals surface area contributed by atoms with Crippen LogP contribution in [0, 0.1) is 6.92 Å². The van der Waals surface area contributed by atoms with Crippen LogP contribution < -0.4 is 4.74 Å². The average Bonchev–Trinajstić information content (AvgIpc) is 2.33. The van der Waals surface area contributed by atoms with Crippen molar-refractivity contribution in [2.24, 2.45) is 0 Å². The first kappa shape index (κ1) is 13.9. The summed E-state index contributed by atoms with van der Waals surface area (Å²) in [5.41, 5.74) is 2.14. The molecule has 0 heterocycles. The minimum absolute atomic E-state index is 0.484. The van der Waals surface area contributed by atoms with Gasteiger partial charge in [0.15, 0.2) is 0 Å². The van der Waals surface area contributed by atoms with Crippen molar-refractivity contribution in [3.63, 3.8) is 0 Å². The second-order valence-electron chi connectivity index (χ2n) is 3.90. The topological polar surface area (TPSA) is 9.23 Å². The van der Waals surface area contributed by atoms with Crippen molar-refractivity contribution in [2.75, 3.05) is 0 Å². The molecule has 0 saturated carbocycles. The Balaban J connectivity index is 2.26. The van der Waals surface area contributed by atoms with Gasteiger partial charge in [-0.3, -0.25) is 0 Å². The molecule has 2 aromatic rings. The first-order valence-electron chi connectivity index (χ1n) is 5.38. The molecule has 0 radical (unpaired) electrons. The maximum atomic E-state index is 5.85. The zero-order valence-electron chi connectivity index (χ0n) is 9.71. The fourth-order valence-corrected chi connectivity index (χ4v) is 2.92. The number of ether oxygens (including phenoxy) is 1. The van der Waals surface area contributed by atoms with Crippen LogP contribution in [0.1, 0.15) is 11.1 Å². The highest BCUT2D eigenvalue weighted by molar-refractivity contribution is 9.10. The Morgan fingerprint density at radius 3 is 2.50 bits per heavy atom. The van der Waals surface area contributed by atoms with Gasteiger partial charge >= 0.3 is 0 Å². The fraction of sp³-hybridized carbons (Fsp3) is 0.143.